The van der Waals surface area contributed by atoms with Crippen molar-refractivity contribution in [3.05, 3.63) is 59.1 Å². The molecule has 0 aliphatic rings. The second kappa shape index (κ2) is 9.36. The SMILES string of the molecule is NC(=O)CNS(=O)(=O)c1ccc(C(=O)OCCOc2ccc(Cl)cc2)cc1. The molecule has 0 unspecified atom stereocenters. The third kappa shape index (κ3) is 6.55. The first kappa shape index (κ1) is 20.7. The normalized spacial score (nSPS) is 11.0. The minimum atomic E-state index is -3.88. The van der Waals surface area contributed by atoms with Gasteiger partial charge in [0.15, 0.2) is 0 Å². The fraction of sp³-hybridized carbons (Fsp3) is 0.176. The summed E-state index contributed by atoms with van der Waals surface area (Å²) in [5.41, 5.74) is 5.08. The molecular formula is C17H17ClN2O6S. The molecule has 3 N–H and O–H groups in total. The van der Waals surface area contributed by atoms with Crippen LogP contribution in [0.5, 0.6) is 5.75 Å². The Kier molecular flexibility index (Phi) is 7.17. The van der Waals surface area contributed by atoms with Gasteiger partial charge in [-0.15, -0.1) is 0 Å². The van der Waals surface area contributed by atoms with Crippen LogP contribution >= 0.6 is 11.6 Å². The van der Waals surface area contributed by atoms with Gasteiger partial charge in [-0.25, -0.2) is 17.9 Å². The van der Waals surface area contributed by atoms with Gasteiger partial charge in [0.25, 0.3) is 0 Å². The molecule has 8 nitrogen and oxygen atoms in total. The first-order chi connectivity index (χ1) is 12.8. The fourth-order valence-electron chi connectivity index (χ4n) is 1.93. The highest BCUT2D eigenvalue weighted by Crippen LogP contribution is 2.15. The molecule has 0 aliphatic carbocycles. The predicted molar refractivity (Wildman–Crippen MR) is 98.1 cm³/mol. The lowest BCUT2D eigenvalue weighted by atomic mass is 10.2. The Morgan fingerprint density at radius 3 is 2.22 bits per heavy atom. The fourth-order valence-corrected chi connectivity index (χ4v) is 3.05. The lowest BCUT2D eigenvalue weighted by Gasteiger charge is -2.08. The topological polar surface area (TPSA) is 125 Å². The zero-order chi connectivity index (χ0) is 19.9. The zero-order valence-electron chi connectivity index (χ0n) is 14.1. The predicted octanol–water partition coefficient (Wildman–Crippen LogP) is 1.34. The summed E-state index contributed by atoms with van der Waals surface area (Å²) in [6, 6.07) is 11.8. The highest BCUT2D eigenvalue weighted by Gasteiger charge is 2.16. The molecule has 10 heteroatoms. The number of ether oxygens (including phenoxy) is 2. The Morgan fingerprint density at radius 2 is 1.63 bits per heavy atom. The van der Waals surface area contributed by atoms with E-state index in [1.807, 2.05) is 4.72 Å². The number of rotatable bonds is 9. The lowest BCUT2D eigenvalue weighted by molar-refractivity contribution is -0.116. The van der Waals surface area contributed by atoms with Gasteiger partial charge in [-0.3, -0.25) is 4.79 Å². The van der Waals surface area contributed by atoms with Crippen LogP contribution in [0.3, 0.4) is 0 Å². The summed E-state index contributed by atoms with van der Waals surface area (Å²) in [6.07, 6.45) is 0. The summed E-state index contributed by atoms with van der Waals surface area (Å²) in [6.45, 7) is -0.349. The van der Waals surface area contributed by atoms with Crippen LogP contribution in [0.4, 0.5) is 0 Å². The van der Waals surface area contributed by atoms with Gasteiger partial charge in [-0.05, 0) is 48.5 Å². The molecule has 0 saturated carbocycles. The van der Waals surface area contributed by atoms with Crippen LogP contribution in [0.15, 0.2) is 53.4 Å². The molecule has 0 saturated heterocycles. The number of nitrogens with one attached hydrogen (secondary N) is 1. The number of nitrogens with two attached hydrogens (primary N) is 1. The zero-order valence-corrected chi connectivity index (χ0v) is 15.6. The van der Waals surface area contributed by atoms with E-state index < -0.39 is 28.4 Å². The largest absolute Gasteiger partial charge is 0.490 e. The third-order valence-corrected chi connectivity index (χ3v) is 4.90. The summed E-state index contributed by atoms with van der Waals surface area (Å²) in [5, 5.41) is 0.587. The molecule has 2 aromatic carbocycles. The smallest absolute Gasteiger partial charge is 0.338 e. The quantitative estimate of drug-likeness (QED) is 0.473. The molecule has 0 bridgehead atoms. The number of carbonyl (C=O) groups excluding carboxylic acids is 2. The molecule has 2 aromatic rings. The van der Waals surface area contributed by atoms with Crippen LogP contribution in [0.2, 0.25) is 5.02 Å². The van der Waals surface area contributed by atoms with Crippen LogP contribution in [0, 0.1) is 0 Å². The monoisotopic (exact) mass is 412 g/mol. The van der Waals surface area contributed by atoms with E-state index >= 15 is 0 Å². The molecule has 0 heterocycles. The van der Waals surface area contributed by atoms with Gasteiger partial charge in [0, 0.05) is 5.02 Å². The van der Waals surface area contributed by atoms with Crippen molar-refractivity contribution in [1.29, 1.82) is 0 Å². The molecule has 144 valence electrons. The van der Waals surface area contributed by atoms with Crippen molar-refractivity contribution in [3.8, 4) is 5.75 Å². The van der Waals surface area contributed by atoms with Crippen molar-refractivity contribution >= 4 is 33.5 Å². The molecular weight excluding hydrogens is 396 g/mol. The van der Waals surface area contributed by atoms with Crippen molar-refractivity contribution in [1.82, 2.24) is 4.72 Å². The summed E-state index contributed by atoms with van der Waals surface area (Å²) >= 11 is 5.77. The number of hydrogen-bond acceptors (Lipinski definition) is 6. The summed E-state index contributed by atoms with van der Waals surface area (Å²) in [5.74, 6) is -0.836. The van der Waals surface area contributed by atoms with E-state index in [-0.39, 0.29) is 23.7 Å². The lowest BCUT2D eigenvalue weighted by Crippen LogP contribution is -2.33. The maximum atomic E-state index is 12.0. The van der Waals surface area contributed by atoms with E-state index in [0.29, 0.717) is 10.8 Å². The van der Waals surface area contributed by atoms with Crippen LogP contribution in [-0.2, 0) is 19.6 Å². The maximum absolute atomic E-state index is 12.0. The van der Waals surface area contributed by atoms with E-state index in [4.69, 9.17) is 26.8 Å². The maximum Gasteiger partial charge on any atom is 0.338 e. The van der Waals surface area contributed by atoms with Gasteiger partial charge < -0.3 is 15.2 Å². The second-order valence-electron chi connectivity index (χ2n) is 5.25. The first-order valence-corrected chi connectivity index (χ1v) is 9.57. The third-order valence-electron chi connectivity index (χ3n) is 3.24. The van der Waals surface area contributed by atoms with Gasteiger partial charge >= 0.3 is 5.97 Å². The molecule has 0 atom stereocenters. The Hall–Kier alpha value is -2.62. The van der Waals surface area contributed by atoms with E-state index in [2.05, 4.69) is 0 Å². The summed E-state index contributed by atoms with van der Waals surface area (Å²) in [4.78, 5) is 22.5. The van der Waals surface area contributed by atoms with Crippen molar-refractivity contribution in [2.75, 3.05) is 19.8 Å². The molecule has 1 amide bonds. The minimum Gasteiger partial charge on any atom is -0.490 e. The molecule has 0 aliphatic heterocycles. The van der Waals surface area contributed by atoms with E-state index in [9.17, 15) is 18.0 Å². The number of sulfonamides is 1. The summed E-state index contributed by atoms with van der Waals surface area (Å²) in [7, 11) is -3.88. The van der Waals surface area contributed by atoms with Gasteiger partial charge in [-0.1, -0.05) is 11.6 Å². The standard InChI is InChI=1S/C17H17ClN2O6S/c18-13-3-5-14(6-4-13)25-9-10-26-17(22)12-1-7-15(8-2-12)27(23,24)20-11-16(19)21/h1-8,20H,9-11H2,(H2,19,21). The highest BCUT2D eigenvalue weighted by molar-refractivity contribution is 7.89. The van der Waals surface area contributed by atoms with E-state index in [1.165, 1.54) is 24.3 Å². The summed E-state index contributed by atoms with van der Waals surface area (Å²) < 4.78 is 36.3. The second-order valence-corrected chi connectivity index (χ2v) is 7.46. The number of amides is 1. The first-order valence-electron chi connectivity index (χ1n) is 7.71. The Balaban J connectivity index is 1.84. The number of hydrogen-bond donors (Lipinski definition) is 2. The number of carbonyl (C=O) groups is 2. The molecule has 0 aromatic heterocycles. The van der Waals surface area contributed by atoms with Gasteiger partial charge in [-0.2, -0.15) is 0 Å². The van der Waals surface area contributed by atoms with Crippen LogP contribution in [-0.4, -0.2) is 40.1 Å². The molecule has 0 fully saturated rings. The number of benzene rings is 2. The van der Waals surface area contributed by atoms with Crippen molar-refractivity contribution in [2.45, 2.75) is 4.90 Å². The molecule has 2 rings (SSSR count). The van der Waals surface area contributed by atoms with Crippen LogP contribution in [0.25, 0.3) is 0 Å². The molecule has 0 radical (unpaired) electrons. The average Bonchev–Trinajstić information content (AvgIpc) is 2.65. The Morgan fingerprint density at radius 1 is 1.00 bits per heavy atom. The Labute approximate surface area is 161 Å². The molecule has 27 heavy (non-hydrogen) atoms. The van der Waals surface area contributed by atoms with Gasteiger partial charge in [0.05, 0.1) is 17.0 Å². The van der Waals surface area contributed by atoms with Crippen LogP contribution in [0.1, 0.15) is 10.4 Å². The number of halogens is 1. The van der Waals surface area contributed by atoms with E-state index in [1.54, 1.807) is 24.3 Å². The van der Waals surface area contributed by atoms with Crippen molar-refractivity contribution < 1.29 is 27.5 Å². The minimum absolute atomic E-state index is 0.0156. The van der Waals surface area contributed by atoms with Crippen molar-refractivity contribution in [3.63, 3.8) is 0 Å². The Bertz CT molecular complexity index is 898. The molecule has 0 spiro atoms. The highest BCUT2D eigenvalue weighted by atomic mass is 35.5. The van der Waals surface area contributed by atoms with Crippen molar-refractivity contribution in [2.24, 2.45) is 5.73 Å². The van der Waals surface area contributed by atoms with Gasteiger partial charge in [0.1, 0.15) is 19.0 Å². The number of primary amides is 1. The van der Waals surface area contributed by atoms with Gasteiger partial charge in [0.2, 0.25) is 15.9 Å². The average molecular weight is 413 g/mol. The number of esters is 1. The van der Waals surface area contributed by atoms with E-state index in [0.717, 1.165) is 0 Å². The van der Waals surface area contributed by atoms with Crippen LogP contribution < -0.4 is 15.2 Å².